The number of hydrogen-bond donors (Lipinski definition) is 1. The number of rotatable bonds is 9. The molecule has 2 atom stereocenters. The fraction of sp³-hybridized carbons (Fsp3) is 1.00. The van der Waals surface area contributed by atoms with Crippen molar-refractivity contribution in [3.8, 4) is 0 Å². The van der Waals surface area contributed by atoms with E-state index in [1.54, 1.807) is 0 Å². The molecule has 0 spiro atoms. The Bertz CT molecular complexity index is 188. The van der Waals surface area contributed by atoms with Gasteiger partial charge in [-0.15, -0.1) is 0 Å². The molecular formula is C13H27NO3. The predicted octanol–water partition coefficient (Wildman–Crippen LogP) is 1.59. The van der Waals surface area contributed by atoms with Crippen LogP contribution in [0, 0.1) is 0 Å². The molecule has 0 aromatic rings. The molecular weight excluding hydrogens is 218 g/mol. The van der Waals surface area contributed by atoms with Crippen molar-refractivity contribution in [2.75, 3.05) is 32.9 Å². The van der Waals surface area contributed by atoms with Crippen LogP contribution in [0.5, 0.6) is 0 Å². The van der Waals surface area contributed by atoms with Gasteiger partial charge in [-0.05, 0) is 33.2 Å². The monoisotopic (exact) mass is 245 g/mol. The summed E-state index contributed by atoms with van der Waals surface area (Å²) in [5.41, 5.74) is 0. The van der Waals surface area contributed by atoms with Crippen molar-refractivity contribution < 1.29 is 14.2 Å². The van der Waals surface area contributed by atoms with Gasteiger partial charge in [0.05, 0.1) is 38.1 Å². The van der Waals surface area contributed by atoms with Gasteiger partial charge in [0.1, 0.15) is 0 Å². The van der Waals surface area contributed by atoms with Crippen LogP contribution < -0.4 is 5.32 Å². The van der Waals surface area contributed by atoms with Crippen LogP contribution in [-0.4, -0.2) is 51.2 Å². The maximum Gasteiger partial charge on any atom is 0.0813 e. The standard InChI is InChI=1S/C13H27NO3/c1-4-14-9-12-5-6-13(17-12)10-15-7-8-16-11(2)3/h11-14H,4-10H2,1-3H3. The molecule has 1 heterocycles. The second-order valence-corrected chi connectivity index (χ2v) is 4.76. The molecule has 1 N–H and O–H groups in total. The summed E-state index contributed by atoms with van der Waals surface area (Å²) in [6.07, 6.45) is 3.18. The lowest BCUT2D eigenvalue weighted by Gasteiger charge is -2.14. The fourth-order valence-corrected chi connectivity index (χ4v) is 1.92. The number of likely N-dealkylation sites (N-methyl/N-ethyl adjacent to an activating group) is 1. The first-order valence-electron chi connectivity index (χ1n) is 6.78. The molecule has 4 nitrogen and oxygen atoms in total. The average molecular weight is 245 g/mol. The molecule has 1 aliphatic rings. The number of hydrogen-bond acceptors (Lipinski definition) is 4. The van der Waals surface area contributed by atoms with Gasteiger partial charge < -0.3 is 19.5 Å². The van der Waals surface area contributed by atoms with Crippen molar-refractivity contribution in [2.24, 2.45) is 0 Å². The summed E-state index contributed by atoms with van der Waals surface area (Å²) in [5.74, 6) is 0. The van der Waals surface area contributed by atoms with E-state index >= 15 is 0 Å². The number of nitrogens with one attached hydrogen (secondary N) is 1. The molecule has 4 heteroatoms. The summed E-state index contributed by atoms with van der Waals surface area (Å²) >= 11 is 0. The molecule has 1 rings (SSSR count). The average Bonchev–Trinajstić information content (AvgIpc) is 2.73. The summed E-state index contributed by atoms with van der Waals surface area (Å²) in [6, 6.07) is 0. The Labute approximate surface area is 105 Å². The molecule has 0 saturated carbocycles. The van der Waals surface area contributed by atoms with Crippen molar-refractivity contribution in [3.63, 3.8) is 0 Å². The molecule has 1 fully saturated rings. The zero-order chi connectivity index (χ0) is 12.5. The van der Waals surface area contributed by atoms with Crippen LogP contribution >= 0.6 is 0 Å². The second kappa shape index (κ2) is 8.86. The quantitative estimate of drug-likeness (QED) is 0.626. The van der Waals surface area contributed by atoms with Crippen molar-refractivity contribution in [1.29, 1.82) is 0 Å². The zero-order valence-corrected chi connectivity index (χ0v) is 11.4. The first kappa shape index (κ1) is 14.9. The third-order valence-electron chi connectivity index (χ3n) is 2.80. The van der Waals surface area contributed by atoms with Gasteiger partial charge >= 0.3 is 0 Å². The highest BCUT2D eigenvalue weighted by Crippen LogP contribution is 2.19. The van der Waals surface area contributed by atoms with Gasteiger partial charge in [0, 0.05) is 6.54 Å². The van der Waals surface area contributed by atoms with Gasteiger partial charge in [-0.25, -0.2) is 0 Å². The first-order chi connectivity index (χ1) is 8.22. The Hall–Kier alpha value is -0.160. The molecule has 102 valence electrons. The Kier molecular flexibility index (Phi) is 7.77. The van der Waals surface area contributed by atoms with Gasteiger partial charge in [-0.3, -0.25) is 0 Å². The molecule has 0 radical (unpaired) electrons. The van der Waals surface area contributed by atoms with E-state index in [0.717, 1.165) is 25.9 Å². The molecule has 0 aromatic carbocycles. The van der Waals surface area contributed by atoms with E-state index in [2.05, 4.69) is 12.2 Å². The van der Waals surface area contributed by atoms with Gasteiger partial charge in [0.15, 0.2) is 0 Å². The third kappa shape index (κ3) is 6.99. The van der Waals surface area contributed by atoms with Crippen LogP contribution in [0.3, 0.4) is 0 Å². The van der Waals surface area contributed by atoms with Crippen molar-refractivity contribution in [1.82, 2.24) is 5.32 Å². The Morgan fingerprint density at radius 2 is 2.00 bits per heavy atom. The minimum Gasteiger partial charge on any atom is -0.376 e. The van der Waals surface area contributed by atoms with E-state index in [1.165, 1.54) is 0 Å². The zero-order valence-electron chi connectivity index (χ0n) is 11.4. The van der Waals surface area contributed by atoms with Gasteiger partial charge in [-0.1, -0.05) is 6.92 Å². The van der Waals surface area contributed by atoms with Crippen LogP contribution in [0.4, 0.5) is 0 Å². The summed E-state index contributed by atoms with van der Waals surface area (Å²) in [6.45, 7) is 10.2. The van der Waals surface area contributed by atoms with E-state index in [4.69, 9.17) is 14.2 Å². The molecule has 0 aliphatic carbocycles. The molecule has 17 heavy (non-hydrogen) atoms. The minimum absolute atomic E-state index is 0.276. The van der Waals surface area contributed by atoms with Crippen molar-refractivity contribution in [3.05, 3.63) is 0 Å². The number of ether oxygens (including phenoxy) is 3. The van der Waals surface area contributed by atoms with Crippen molar-refractivity contribution >= 4 is 0 Å². The van der Waals surface area contributed by atoms with Crippen LogP contribution in [0.2, 0.25) is 0 Å². The fourth-order valence-electron chi connectivity index (χ4n) is 1.92. The van der Waals surface area contributed by atoms with Crippen LogP contribution in [0.25, 0.3) is 0 Å². The SMILES string of the molecule is CCNCC1CCC(COCCOC(C)C)O1. The topological polar surface area (TPSA) is 39.7 Å². The van der Waals surface area contributed by atoms with E-state index in [0.29, 0.717) is 25.9 Å². The lowest BCUT2D eigenvalue weighted by Crippen LogP contribution is -2.27. The van der Waals surface area contributed by atoms with E-state index < -0.39 is 0 Å². The van der Waals surface area contributed by atoms with E-state index in [1.807, 2.05) is 13.8 Å². The Morgan fingerprint density at radius 3 is 2.71 bits per heavy atom. The van der Waals surface area contributed by atoms with Gasteiger partial charge in [0.25, 0.3) is 0 Å². The van der Waals surface area contributed by atoms with Gasteiger partial charge in [-0.2, -0.15) is 0 Å². The minimum atomic E-state index is 0.276. The highest BCUT2D eigenvalue weighted by Gasteiger charge is 2.24. The Balaban J connectivity index is 1.94. The molecule has 0 amide bonds. The summed E-state index contributed by atoms with van der Waals surface area (Å²) in [7, 11) is 0. The molecule has 2 unspecified atom stereocenters. The molecule has 1 aliphatic heterocycles. The van der Waals surface area contributed by atoms with Crippen LogP contribution in [0.15, 0.2) is 0 Å². The lowest BCUT2D eigenvalue weighted by atomic mass is 10.2. The summed E-state index contributed by atoms with van der Waals surface area (Å²) in [4.78, 5) is 0. The van der Waals surface area contributed by atoms with E-state index in [-0.39, 0.29) is 12.2 Å². The van der Waals surface area contributed by atoms with Crippen molar-refractivity contribution in [2.45, 2.75) is 51.9 Å². The largest absolute Gasteiger partial charge is 0.376 e. The maximum absolute atomic E-state index is 5.86. The first-order valence-corrected chi connectivity index (χ1v) is 6.78. The normalized spacial score (nSPS) is 24.7. The van der Waals surface area contributed by atoms with E-state index in [9.17, 15) is 0 Å². The predicted molar refractivity (Wildman–Crippen MR) is 68.3 cm³/mol. The maximum atomic E-state index is 5.86. The second-order valence-electron chi connectivity index (χ2n) is 4.76. The van der Waals surface area contributed by atoms with Crippen LogP contribution in [0.1, 0.15) is 33.6 Å². The molecule has 0 bridgehead atoms. The summed E-state index contributed by atoms with van der Waals surface area (Å²) < 4.78 is 16.8. The summed E-state index contributed by atoms with van der Waals surface area (Å²) in [5, 5.41) is 3.31. The Morgan fingerprint density at radius 1 is 1.24 bits per heavy atom. The molecule has 1 saturated heterocycles. The highest BCUT2D eigenvalue weighted by molar-refractivity contribution is 4.74. The van der Waals surface area contributed by atoms with Gasteiger partial charge in [0.2, 0.25) is 0 Å². The van der Waals surface area contributed by atoms with Crippen LogP contribution in [-0.2, 0) is 14.2 Å². The lowest BCUT2D eigenvalue weighted by molar-refractivity contribution is -0.0349. The molecule has 0 aromatic heterocycles. The third-order valence-corrected chi connectivity index (χ3v) is 2.80. The smallest absolute Gasteiger partial charge is 0.0813 e. The highest BCUT2D eigenvalue weighted by atomic mass is 16.6.